The van der Waals surface area contributed by atoms with Crippen LogP contribution in [0, 0.1) is 0 Å². The molecule has 6 nitrogen and oxygen atoms in total. The lowest BCUT2D eigenvalue weighted by Gasteiger charge is -2.44. The Morgan fingerprint density at radius 2 is 2.12 bits per heavy atom. The van der Waals surface area contributed by atoms with Crippen molar-refractivity contribution in [3.63, 3.8) is 0 Å². The number of ether oxygens (including phenoxy) is 1. The van der Waals surface area contributed by atoms with Crippen LogP contribution in [0.3, 0.4) is 0 Å². The first kappa shape index (κ1) is 15.0. The Morgan fingerprint density at radius 3 is 3.00 bits per heavy atom. The van der Waals surface area contributed by atoms with E-state index >= 15 is 0 Å². The maximum absolute atomic E-state index is 12.9. The van der Waals surface area contributed by atoms with Gasteiger partial charge in [0.2, 0.25) is 0 Å². The number of thiophene rings is 1. The first-order valence-electron chi connectivity index (χ1n) is 8.55. The average molecular weight is 354 g/mol. The standard InChI is InChI=1S/C18H18N4O2S/c23-17(13-1-2-16-19-12-20-22(16)11-13)21-7-5-18(6-8-21)14-4-10-25-15(14)3-9-24-18/h1-2,4,10-12H,3,5-9H2. The molecule has 5 rings (SSSR count). The molecule has 0 saturated carbocycles. The van der Waals surface area contributed by atoms with Gasteiger partial charge in [-0.3, -0.25) is 4.79 Å². The molecule has 1 spiro atoms. The summed E-state index contributed by atoms with van der Waals surface area (Å²) in [6.45, 7) is 2.21. The molecule has 0 radical (unpaired) electrons. The summed E-state index contributed by atoms with van der Waals surface area (Å²) in [7, 11) is 0. The Hall–Kier alpha value is -2.25. The number of aromatic nitrogens is 3. The maximum atomic E-state index is 12.9. The van der Waals surface area contributed by atoms with Crippen LogP contribution in [0.5, 0.6) is 0 Å². The number of likely N-dealkylation sites (tertiary alicyclic amines) is 1. The summed E-state index contributed by atoms with van der Waals surface area (Å²) < 4.78 is 7.86. The minimum absolute atomic E-state index is 0.0496. The quantitative estimate of drug-likeness (QED) is 0.674. The number of fused-ring (bicyclic) bond motifs is 3. The summed E-state index contributed by atoms with van der Waals surface area (Å²) in [5.74, 6) is 0.0496. The molecule has 2 aliphatic rings. The normalized spacial score (nSPS) is 19.3. The van der Waals surface area contributed by atoms with Crippen LogP contribution in [0.4, 0.5) is 0 Å². The van der Waals surface area contributed by atoms with E-state index in [0.29, 0.717) is 18.7 Å². The van der Waals surface area contributed by atoms with Crippen molar-refractivity contribution in [2.75, 3.05) is 19.7 Å². The molecule has 3 aromatic heterocycles. The number of carbonyl (C=O) groups is 1. The number of hydrogen-bond acceptors (Lipinski definition) is 5. The largest absolute Gasteiger partial charge is 0.370 e. The highest BCUT2D eigenvalue weighted by Gasteiger charge is 2.42. The van der Waals surface area contributed by atoms with E-state index in [1.54, 1.807) is 10.7 Å². The molecule has 128 valence electrons. The number of amides is 1. The van der Waals surface area contributed by atoms with E-state index in [4.69, 9.17) is 4.74 Å². The minimum atomic E-state index is -0.194. The monoisotopic (exact) mass is 354 g/mol. The molecule has 1 saturated heterocycles. The lowest BCUT2D eigenvalue weighted by atomic mass is 9.82. The first-order valence-corrected chi connectivity index (χ1v) is 9.43. The van der Waals surface area contributed by atoms with Crippen LogP contribution in [0.25, 0.3) is 5.65 Å². The average Bonchev–Trinajstić information content (AvgIpc) is 3.31. The van der Waals surface area contributed by atoms with E-state index in [1.165, 1.54) is 16.8 Å². The first-order chi connectivity index (χ1) is 12.3. The second-order valence-electron chi connectivity index (χ2n) is 6.62. The van der Waals surface area contributed by atoms with Gasteiger partial charge in [-0.25, -0.2) is 9.50 Å². The molecule has 1 amide bonds. The van der Waals surface area contributed by atoms with Crippen LogP contribution in [-0.4, -0.2) is 45.1 Å². The van der Waals surface area contributed by atoms with E-state index in [1.807, 2.05) is 28.4 Å². The second-order valence-corrected chi connectivity index (χ2v) is 7.62. The lowest BCUT2D eigenvalue weighted by Crippen LogP contribution is -2.48. The molecule has 25 heavy (non-hydrogen) atoms. The van der Waals surface area contributed by atoms with E-state index in [-0.39, 0.29) is 11.5 Å². The van der Waals surface area contributed by atoms with Crippen molar-refractivity contribution in [3.05, 3.63) is 52.1 Å². The summed E-state index contributed by atoms with van der Waals surface area (Å²) in [5, 5.41) is 6.27. The molecule has 0 N–H and O–H groups in total. The molecular weight excluding hydrogens is 336 g/mol. The van der Waals surface area contributed by atoms with Crippen LogP contribution in [-0.2, 0) is 16.8 Å². The predicted molar refractivity (Wildman–Crippen MR) is 93.8 cm³/mol. The Balaban J connectivity index is 1.36. The molecule has 0 aromatic carbocycles. The number of nitrogens with zero attached hydrogens (tertiary/aromatic N) is 4. The number of piperidine rings is 1. The Morgan fingerprint density at radius 1 is 1.24 bits per heavy atom. The third kappa shape index (κ3) is 2.38. The molecule has 5 heterocycles. The van der Waals surface area contributed by atoms with Gasteiger partial charge < -0.3 is 9.64 Å². The van der Waals surface area contributed by atoms with Crippen molar-refractivity contribution in [2.45, 2.75) is 24.9 Å². The molecule has 0 unspecified atom stereocenters. The molecule has 2 aliphatic heterocycles. The summed E-state index contributed by atoms with van der Waals surface area (Å²) in [6, 6.07) is 5.85. The van der Waals surface area contributed by atoms with Gasteiger partial charge in [-0.2, -0.15) is 5.10 Å². The van der Waals surface area contributed by atoms with Crippen molar-refractivity contribution in [2.24, 2.45) is 0 Å². The number of pyridine rings is 1. The number of hydrogen-bond donors (Lipinski definition) is 0. The second kappa shape index (κ2) is 5.64. The topological polar surface area (TPSA) is 59.7 Å². The van der Waals surface area contributed by atoms with Gasteiger partial charge in [0.1, 0.15) is 6.33 Å². The molecular formula is C18H18N4O2S. The molecule has 1 fully saturated rings. The third-order valence-electron chi connectivity index (χ3n) is 5.32. The van der Waals surface area contributed by atoms with Crippen LogP contribution in [0.2, 0.25) is 0 Å². The molecule has 0 bridgehead atoms. The van der Waals surface area contributed by atoms with Crippen LogP contribution >= 0.6 is 11.3 Å². The lowest BCUT2D eigenvalue weighted by molar-refractivity contribution is -0.0926. The fraction of sp³-hybridized carbons (Fsp3) is 0.389. The summed E-state index contributed by atoms with van der Waals surface area (Å²) >= 11 is 1.82. The van der Waals surface area contributed by atoms with Crippen LogP contribution in [0.15, 0.2) is 36.1 Å². The molecule has 7 heteroatoms. The molecule has 3 aromatic rings. The van der Waals surface area contributed by atoms with E-state index < -0.39 is 0 Å². The maximum Gasteiger partial charge on any atom is 0.255 e. The van der Waals surface area contributed by atoms with Gasteiger partial charge in [-0.05, 0) is 42.0 Å². The Bertz CT molecular complexity index is 939. The van der Waals surface area contributed by atoms with Crippen molar-refractivity contribution in [1.29, 1.82) is 0 Å². The van der Waals surface area contributed by atoms with E-state index in [2.05, 4.69) is 21.5 Å². The Kier molecular flexibility index (Phi) is 3.39. The summed E-state index contributed by atoms with van der Waals surface area (Å²) in [5.41, 5.74) is 2.55. The fourth-order valence-corrected chi connectivity index (χ4v) is 4.92. The van der Waals surface area contributed by atoms with Gasteiger partial charge >= 0.3 is 0 Å². The molecule has 0 aliphatic carbocycles. The zero-order valence-electron chi connectivity index (χ0n) is 13.7. The zero-order valence-corrected chi connectivity index (χ0v) is 14.5. The zero-order chi connectivity index (χ0) is 16.9. The minimum Gasteiger partial charge on any atom is -0.370 e. The summed E-state index contributed by atoms with van der Waals surface area (Å²) in [6.07, 6.45) is 5.97. The van der Waals surface area contributed by atoms with Crippen molar-refractivity contribution in [3.8, 4) is 0 Å². The van der Waals surface area contributed by atoms with Crippen molar-refractivity contribution < 1.29 is 9.53 Å². The van der Waals surface area contributed by atoms with Gasteiger partial charge in [-0.1, -0.05) is 0 Å². The highest BCUT2D eigenvalue weighted by Crippen LogP contribution is 2.43. The van der Waals surface area contributed by atoms with E-state index in [0.717, 1.165) is 31.5 Å². The van der Waals surface area contributed by atoms with Crippen molar-refractivity contribution >= 4 is 22.9 Å². The Labute approximate surface area is 149 Å². The molecule has 0 atom stereocenters. The number of carbonyl (C=O) groups excluding carboxylic acids is 1. The third-order valence-corrected chi connectivity index (χ3v) is 6.30. The van der Waals surface area contributed by atoms with Crippen LogP contribution in [0.1, 0.15) is 33.6 Å². The van der Waals surface area contributed by atoms with Crippen molar-refractivity contribution in [1.82, 2.24) is 19.5 Å². The van der Waals surface area contributed by atoms with E-state index in [9.17, 15) is 4.79 Å². The summed E-state index contributed by atoms with van der Waals surface area (Å²) in [4.78, 5) is 20.3. The van der Waals surface area contributed by atoms with Crippen LogP contribution < -0.4 is 0 Å². The predicted octanol–water partition coefficient (Wildman–Crippen LogP) is 2.50. The highest BCUT2D eigenvalue weighted by atomic mass is 32.1. The smallest absolute Gasteiger partial charge is 0.255 e. The number of rotatable bonds is 1. The van der Waals surface area contributed by atoms with Gasteiger partial charge in [0.05, 0.1) is 17.8 Å². The van der Waals surface area contributed by atoms with Gasteiger partial charge in [-0.15, -0.1) is 11.3 Å². The fourth-order valence-electron chi connectivity index (χ4n) is 3.97. The highest BCUT2D eigenvalue weighted by molar-refractivity contribution is 7.10. The van der Waals surface area contributed by atoms with Gasteiger partial charge in [0, 0.05) is 30.6 Å². The SMILES string of the molecule is O=C(c1ccc2ncnn2c1)N1CCC2(CC1)OCCc1sccc12. The van der Waals surface area contributed by atoms with Gasteiger partial charge in [0.25, 0.3) is 5.91 Å². The van der Waals surface area contributed by atoms with Gasteiger partial charge in [0.15, 0.2) is 5.65 Å².